The van der Waals surface area contributed by atoms with E-state index in [1.165, 1.54) is 38.2 Å². The van der Waals surface area contributed by atoms with Crippen molar-refractivity contribution >= 4 is 5.91 Å². The average Bonchev–Trinajstić information content (AvgIpc) is 2.97. The lowest BCUT2D eigenvalue weighted by Gasteiger charge is -2.34. The Hall–Kier alpha value is -1.38. The van der Waals surface area contributed by atoms with Crippen LogP contribution < -0.4 is 0 Å². The van der Waals surface area contributed by atoms with E-state index in [0.29, 0.717) is 12.0 Å². The molecule has 1 saturated heterocycles. The molecule has 1 aromatic rings. The summed E-state index contributed by atoms with van der Waals surface area (Å²) in [6.45, 7) is 0.786. The standard InChI is InChI=1S/C17H22FNO/c18-15-10-5-4-9-14(15)17(20)19-12-6-11-16(19)13-7-2-1-3-8-13/h4-5,9-10,13,16H,1-3,6-8,11-12H2. The molecule has 2 nitrogen and oxygen atoms in total. The number of nitrogens with zero attached hydrogens (tertiary/aromatic N) is 1. The maximum Gasteiger partial charge on any atom is 0.257 e. The van der Waals surface area contributed by atoms with E-state index in [-0.39, 0.29) is 11.5 Å². The fourth-order valence-electron chi connectivity index (χ4n) is 3.84. The molecule has 20 heavy (non-hydrogen) atoms. The number of carbonyl (C=O) groups excluding carboxylic acids is 1. The fraction of sp³-hybridized carbons (Fsp3) is 0.588. The van der Waals surface area contributed by atoms with Crippen molar-refractivity contribution in [1.82, 2.24) is 4.90 Å². The first kappa shape index (κ1) is 13.6. The summed E-state index contributed by atoms with van der Waals surface area (Å²) in [7, 11) is 0. The van der Waals surface area contributed by atoms with Gasteiger partial charge in [-0.3, -0.25) is 4.79 Å². The predicted octanol–water partition coefficient (Wildman–Crippen LogP) is 4.01. The number of amides is 1. The van der Waals surface area contributed by atoms with E-state index in [1.807, 2.05) is 4.90 Å². The Kier molecular flexibility index (Phi) is 4.04. The molecule has 1 aromatic carbocycles. The Morgan fingerprint density at radius 2 is 1.80 bits per heavy atom. The van der Waals surface area contributed by atoms with Gasteiger partial charge in [0.05, 0.1) is 5.56 Å². The second-order valence-corrected chi connectivity index (χ2v) is 6.09. The van der Waals surface area contributed by atoms with Crippen molar-refractivity contribution in [1.29, 1.82) is 0 Å². The van der Waals surface area contributed by atoms with Gasteiger partial charge >= 0.3 is 0 Å². The molecule has 0 N–H and O–H groups in total. The normalized spacial score (nSPS) is 24.1. The minimum atomic E-state index is -0.396. The van der Waals surface area contributed by atoms with Gasteiger partial charge in [0.25, 0.3) is 5.91 Å². The van der Waals surface area contributed by atoms with E-state index in [1.54, 1.807) is 18.2 Å². The van der Waals surface area contributed by atoms with Crippen molar-refractivity contribution in [3.63, 3.8) is 0 Å². The van der Waals surface area contributed by atoms with Crippen LogP contribution in [0.15, 0.2) is 24.3 Å². The van der Waals surface area contributed by atoms with Crippen LogP contribution in [0.25, 0.3) is 0 Å². The van der Waals surface area contributed by atoms with Crippen LogP contribution >= 0.6 is 0 Å². The van der Waals surface area contributed by atoms with Crippen LogP contribution in [0.4, 0.5) is 4.39 Å². The Bertz CT molecular complexity index is 482. The molecule has 2 fully saturated rings. The molecule has 1 heterocycles. The molecule has 0 aromatic heterocycles. The molecule has 0 spiro atoms. The third-order valence-electron chi connectivity index (χ3n) is 4.86. The van der Waals surface area contributed by atoms with Crippen LogP contribution in [-0.2, 0) is 0 Å². The van der Waals surface area contributed by atoms with Gasteiger partial charge in [0, 0.05) is 12.6 Å². The van der Waals surface area contributed by atoms with Crippen molar-refractivity contribution < 1.29 is 9.18 Å². The maximum absolute atomic E-state index is 13.8. The highest BCUT2D eigenvalue weighted by molar-refractivity contribution is 5.94. The molecule has 1 amide bonds. The molecule has 108 valence electrons. The lowest BCUT2D eigenvalue weighted by molar-refractivity contribution is 0.0657. The second kappa shape index (κ2) is 5.94. The van der Waals surface area contributed by atoms with Gasteiger partial charge in [0.2, 0.25) is 0 Å². The molecular formula is C17H22FNO. The van der Waals surface area contributed by atoms with Crippen LogP contribution in [0.3, 0.4) is 0 Å². The lowest BCUT2D eigenvalue weighted by atomic mass is 9.83. The highest BCUT2D eigenvalue weighted by Gasteiger charge is 2.36. The SMILES string of the molecule is O=C(c1ccccc1F)N1CCCC1C1CCCCC1. The molecule has 2 aliphatic rings. The van der Waals surface area contributed by atoms with Gasteiger partial charge < -0.3 is 4.90 Å². The van der Waals surface area contributed by atoms with Gasteiger partial charge in [0.1, 0.15) is 5.82 Å². The van der Waals surface area contributed by atoms with Gasteiger partial charge in [-0.25, -0.2) is 4.39 Å². The van der Waals surface area contributed by atoms with Gasteiger partial charge in [-0.1, -0.05) is 31.4 Å². The molecule has 3 rings (SSSR count). The van der Waals surface area contributed by atoms with E-state index in [9.17, 15) is 9.18 Å². The lowest BCUT2D eigenvalue weighted by Crippen LogP contribution is -2.41. The molecule has 0 bridgehead atoms. The van der Waals surface area contributed by atoms with E-state index in [0.717, 1.165) is 19.4 Å². The Balaban J connectivity index is 1.78. The number of hydrogen-bond donors (Lipinski definition) is 0. The van der Waals surface area contributed by atoms with Crippen LogP contribution in [-0.4, -0.2) is 23.4 Å². The zero-order valence-electron chi connectivity index (χ0n) is 11.9. The summed E-state index contributed by atoms with van der Waals surface area (Å²) < 4.78 is 13.8. The summed E-state index contributed by atoms with van der Waals surface area (Å²) in [5, 5.41) is 0. The Morgan fingerprint density at radius 3 is 2.55 bits per heavy atom. The zero-order valence-corrected chi connectivity index (χ0v) is 11.9. The van der Waals surface area contributed by atoms with Crippen LogP contribution in [0.5, 0.6) is 0 Å². The number of hydrogen-bond acceptors (Lipinski definition) is 1. The first-order valence-electron chi connectivity index (χ1n) is 7.83. The summed E-state index contributed by atoms with van der Waals surface area (Å²) in [5.41, 5.74) is 0.232. The Labute approximate surface area is 120 Å². The number of rotatable bonds is 2. The van der Waals surface area contributed by atoms with E-state index in [4.69, 9.17) is 0 Å². The highest BCUT2D eigenvalue weighted by Crippen LogP contribution is 2.35. The van der Waals surface area contributed by atoms with Crippen LogP contribution in [0.1, 0.15) is 55.3 Å². The van der Waals surface area contributed by atoms with E-state index < -0.39 is 5.82 Å². The quantitative estimate of drug-likeness (QED) is 0.798. The molecule has 1 unspecified atom stereocenters. The summed E-state index contributed by atoms with van der Waals surface area (Å²) in [6, 6.07) is 6.69. The fourth-order valence-corrected chi connectivity index (χ4v) is 3.84. The molecule has 0 radical (unpaired) electrons. The molecule has 1 aliphatic carbocycles. The minimum Gasteiger partial charge on any atom is -0.335 e. The van der Waals surface area contributed by atoms with E-state index in [2.05, 4.69) is 0 Å². The molecule has 1 atom stereocenters. The van der Waals surface area contributed by atoms with Crippen molar-refractivity contribution in [3.05, 3.63) is 35.6 Å². The number of carbonyl (C=O) groups is 1. The smallest absolute Gasteiger partial charge is 0.257 e. The molecule has 1 aliphatic heterocycles. The topological polar surface area (TPSA) is 20.3 Å². The van der Waals surface area contributed by atoms with Crippen molar-refractivity contribution in [2.24, 2.45) is 5.92 Å². The van der Waals surface area contributed by atoms with E-state index >= 15 is 0 Å². The first-order valence-corrected chi connectivity index (χ1v) is 7.83. The number of halogens is 1. The number of likely N-dealkylation sites (tertiary alicyclic amines) is 1. The summed E-state index contributed by atoms with van der Waals surface area (Å²) in [6.07, 6.45) is 8.49. The third kappa shape index (κ3) is 2.58. The predicted molar refractivity (Wildman–Crippen MR) is 77.0 cm³/mol. The highest BCUT2D eigenvalue weighted by atomic mass is 19.1. The zero-order chi connectivity index (χ0) is 13.9. The average molecular weight is 275 g/mol. The Morgan fingerprint density at radius 1 is 1.05 bits per heavy atom. The van der Waals surface area contributed by atoms with Gasteiger partial charge in [-0.2, -0.15) is 0 Å². The number of benzene rings is 1. The van der Waals surface area contributed by atoms with Gasteiger partial charge in [-0.05, 0) is 43.7 Å². The molecular weight excluding hydrogens is 253 g/mol. The van der Waals surface area contributed by atoms with Crippen molar-refractivity contribution in [2.45, 2.75) is 51.0 Å². The monoisotopic (exact) mass is 275 g/mol. The largest absolute Gasteiger partial charge is 0.335 e. The first-order chi connectivity index (χ1) is 9.77. The van der Waals surface area contributed by atoms with Crippen LogP contribution in [0, 0.1) is 11.7 Å². The third-order valence-corrected chi connectivity index (χ3v) is 4.86. The summed E-state index contributed by atoms with van der Waals surface area (Å²) in [5.74, 6) is 0.116. The van der Waals surface area contributed by atoms with Crippen molar-refractivity contribution in [2.75, 3.05) is 6.54 Å². The maximum atomic E-state index is 13.8. The summed E-state index contributed by atoms with van der Waals surface area (Å²) >= 11 is 0. The minimum absolute atomic E-state index is 0.115. The van der Waals surface area contributed by atoms with Crippen LogP contribution in [0.2, 0.25) is 0 Å². The van der Waals surface area contributed by atoms with Crippen molar-refractivity contribution in [3.8, 4) is 0 Å². The van der Waals surface area contributed by atoms with Gasteiger partial charge in [0.15, 0.2) is 0 Å². The van der Waals surface area contributed by atoms with Gasteiger partial charge in [-0.15, -0.1) is 0 Å². The second-order valence-electron chi connectivity index (χ2n) is 6.09. The summed E-state index contributed by atoms with van der Waals surface area (Å²) in [4.78, 5) is 14.5. The molecule has 1 saturated carbocycles. The molecule has 3 heteroatoms.